The zero-order chi connectivity index (χ0) is 16.9. The van der Waals surface area contributed by atoms with Gasteiger partial charge in [0, 0.05) is 12.3 Å². The highest BCUT2D eigenvalue weighted by Crippen LogP contribution is 2.09. The van der Waals surface area contributed by atoms with E-state index in [2.05, 4.69) is 20.3 Å². The van der Waals surface area contributed by atoms with Gasteiger partial charge in [0.15, 0.2) is 5.82 Å². The predicted octanol–water partition coefficient (Wildman–Crippen LogP) is 1.90. The van der Waals surface area contributed by atoms with Gasteiger partial charge in [-0.3, -0.25) is 14.6 Å². The third kappa shape index (κ3) is 3.52. The highest BCUT2D eigenvalue weighted by Gasteiger charge is 2.11. The molecule has 0 unspecified atom stereocenters. The molecule has 0 fully saturated rings. The molecule has 7 heteroatoms. The lowest BCUT2D eigenvalue weighted by Gasteiger charge is -2.07. The summed E-state index contributed by atoms with van der Waals surface area (Å²) < 4.78 is 13.6. The second kappa shape index (κ2) is 6.82. The Balaban J connectivity index is 1.79. The number of aromatic amines is 1. The van der Waals surface area contributed by atoms with Crippen LogP contribution in [0.25, 0.3) is 11.5 Å². The van der Waals surface area contributed by atoms with Crippen LogP contribution in [-0.4, -0.2) is 20.9 Å². The Labute approximate surface area is 136 Å². The van der Waals surface area contributed by atoms with Gasteiger partial charge >= 0.3 is 0 Å². The van der Waals surface area contributed by atoms with Gasteiger partial charge in [-0.05, 0) is 24.3 Å². The average molecular weight is 324 g/mol. The maximum absolute atomic E-state index is 13.6. The van der Waals surface area contributed by atoms with Gasteiger partial charge in [-0.2, -0.15) is 0 Å². The first-order valence-electron chi connectivity index (χ1n) is 7.18. The molecule has 3 aromatic rings. The topological polar surface area (TPSA) is 87.7 Å². The van der Waals surface area contributed by atoms with Crippen molar-refractivity contribution >= 4 is 5.91 Å². The lowest BCUT2D eigenvalue weighted by atomic mass is 10.2. The molecule has 24 heavy (non-hydrogen) atoms. The number of amides is 1. The number of nitrogens with one attached hydrogen (secondary N) is 2. The third-order valence-electron chi connectivity index (χ3n) is 3.25. The fraction of sp³-hybridized carbons (Fsp3) is 0.0588. The molecule has 0 radical (unpaired) electrons. The first-order valence-corrected chi connectivity index (χ1v) is 7.18. The van der Waals surface area contributed by atoms with Crippen LogP contribution in [0, 0.1) is 5.82 Å². The molecule has 0 aliphatic rings. The second-order valence-electron chi connectivity index (χ2n) is 4.96. The molecule has 0 aliphatic carbocycles. The van der Waals surface area contributed by atoms with Crippen molar-refractivity contribution in [1.29, 1.82) is 0 Å². The molecule has 0 spiro atoms. The van der Waals surface area contributed by atoms with Crippen LogP contribution < -0.4 is 10.9 Å². The Morgan fingerprint density at radius 2 is 1.96 bits per heavy atom. The summed E-state index contributed by atoms with van der Waals surface area (Å²) in [6.07, 6.45) is 1.59. The van der Waals surface area contributed by atoms with Gasteiger partial charge in [0.05, 0.1) is 17.8 Å². The quantitative estimate of drug-likeness (QED) is 0.767. The highest BCUT2D eigenvalue weighted by atomic mass is 19.1. The SMILES string of the molecule is O=C(NCc1cc(=O)[nH]c(-c2ccccn2)n1)c1ccccc1F. The molecule has 2 heterocycles. The molecule has 0 atom stereocenters. The lowest BCUT2D eigenvalue weighted by Crippen LogP contribution is -2.25. The normalized spacial score (nSPS) is 10.4. The summed E-state index contributed by atoms with van der Waals surface area (Å²) in [5.41, 5.74) is 0.439. The van der Waals surface area contributed by atoms with Gasteiger partial charge in [-0.15, -0.1) is 0 Å². The van der Waals surface area contributed by atoms with Crippen molar-refractivity contribution in [3.8, 4) is 11.5 Å². The number of carbonyl (C=O) groups is 1. The molecule has 120 valence electrons. The molecule has 0 saturated heterocycles. The number of hydrogen-bond acceptors (Lipinski definition) is 4. The van der Waals surface area contributed by atoms with Gasteiger partial charge in [-0.1, -0.05) is 18.2 Å². The van der Waals surface area contributed by atoms with Crippen LogP contribution in [0.3, 0.4) is 0 Å². The molecular weight excluding hydrogens is 311 g/mol. The first kappa shape index (κ1) is 15.5. The van der Waals surface area contributed by atoms with Crippen molar-refractivity contribution in [1.82, 2.24) is 20.3 Å². The summed E-state index contributed by atoms with van der Waals surface area (Å²) in [6, 6.07) is 12.2. The number of carbonyl (C=O) groups excluding carboxylic acids is 1. The van der Waals surface area contributed by atoms with Gasteiger partial charge < -0.3 is 10.3 Å². The Kier molecular flexibility index (Phi) is 4.42. The van der Waals surface area contributed by atoms with Crippen LogP contribution in [0.2, 0.25) is 0 Å². The van der Waals surface area contributed by atoms with Crippen molar-refractivity contribution in [2.24, 2.45) is 0 Å². The molecule has 0 bridgehead atoms. The van der Waals surface area contributed by atoms with E-state index in [9.17, 15) is 14.0 Å². The maximum atomic E-state index is 13.6. The summed E-state index contributed by atoms with van der Waals surface area (Å²) in [5.74, 6) is -0.879. The van der Waals surface area contributed by atoms with Gasteiger partial charge in [-0.25, -0.2) is 9.37 Å². The molecule has 0 aliphatic heterocycles. The number of pyridine rings is 1. The van der Waals surface area contributed by atoms with E-state index in [1.165, 1.54) is 24.3 Å². The van der Waals surface area contributed by atoms with Crippen LogP contribution in [0.4, 0.5) is 4.39 Å². The van der Waals surface area contributed by atoms with Crippen molar-refractivity contribution in [2.75, 3.05) is 0 Å². The summed E-state index contributed by atoms with van der Waals surface area (Å²) >= 11 is 0. The predicted molar refractivity (Wildman–Crippen MR) is 85.7 cm³/mol. The molecule has 1 amide bonds. The first-order chi connectivity index (χ1) is 11.6. The minimum atomic E-state index is -0.608. The second-order valence-corrected chi connectivity index (χ2v) is 4.96. The number of halogens is 1. The molecule has 2 aromatic heterocycles. The van der Waals surface area contributed by atoms with E-state index in [0.717, 1.165) is 0 Å². The molecular formula is C17H13FN4O2. The van der Waals surface area contributed by atoms with Crippen molar-refractivity contribution in [3.63, 3.8) is 0 Å². The van der Waals surface area contributed by atoms with Crippen molar-refractivity contribution < 1.29 is 9.18 Å². The highest BCUT2D eigenvalue weighted by molar-refractivity contribution is 5.94. The minimum Gasteiger partial charge on any atom is -0.346 e. The lowest BCUT2D eigenvalue weighted by molar-refractivity contribution is 0.0946. The smallest absolute Gasteiger partial charge is 0.254 e. The molecule has 0 saturated carbocycles. The van der Waals surface area contributed by atoms with E-state index in [1.54, 1.807) is 30.5 Å². The monoisotopic (exact) mass is 324 g/mol. The number of aromatic nitrogens is 3. The number of nitrogens with zero attached hydrogens (tertiary/aromatic N) is 2. The molecule has 3 rings (SSSR count). The van der Waals surface area contributed by atoms with Crippen molar-refractivity contribution in [2.45, 2.75) is 6.54 Å². The van der Waals surface area contributed by atoms with E-state index in [-0.39, 0.29) is 17.7 Å². The number of benzene rings is 1. The van der Waals surface area contributed by atoms with Crippen molar-refractivity contribution in [3.05, 3.63) is 82.2 Å². The van der Waals surface area contributed by atoms with Crippen LogP contribution in [-0.2, 0) is 6.54 Å². The molecule has 6 nitrogen and oxygen atoms in total. The van der Waals surface area contributed by atoms with Crippen LogP contribution >= 0.6 is 0 Å². The fourth-order valence-electron chi connectivity index (χ4n) is 2.13. The number of rotatable bonds is 4. The zero-order valence-electron chi connectivity index (χ0n) is 12.5. The zero-order valence-corrected chi connectivity index (χ0v) is 12.5. The molecule has 2 N–H and O–H groups in total. The van der Waals surface area contributed by atoms with Gasteiger partial charge in [0.25, 0.3) is 11.5 Å². The number of H-pyrrole nitrogens is 1. The summed E-state index contributed by atoms with van der Waals surface area (Å²) in [4.78, 5) is 34.7. The Morgan fingerprint density at radius 1 is 1.17 bits per heavy atom. The average Bonchev–Trinajstić information content (AvgIpc) is 2.60. The van der Waals surface area contributed by atoms with E-state index in [1.807, 2.05) is 0 Å². The summed E-state index contributed by atoms with van der Waals surface area (Å²) in [5, 5.41) is 2.55. The van der Waals surface area contributed by atoms with E-state index in [4.69, 9.17) is 0 Å². The standard InChI is InChI=1S/C17H13FN4O2/c18-13-6-2-1-5-12(13)17(24)20-10-11-9-15(23)22-16(21-11)14-7-3-4-8-19-14/h1-9H,10H2,(H,20,24)(H,21,22,23). The number of hydrogen-bond donors (Lipinski definition) is 2. The van der Waals surface area contributed by atoms with E-state index < -0.39 is 11.7 Å². The minimum absolute atomic E-state index is 0.00305. The van der Waals surface area contributed by atoms with E-state index in [0.29, 0.717) is 17.2 Å². The van der Waals surface area contributed by atoms with Crippen LogP contribution in [0.15, 0.2) is 59.5 Å². The van der Waals surface area contributed by atoms with E-state index >= 15 is 0 Å². The summed E-state index contributed by atoms with van der Waals surface area (Å²) in [7, 11) is 0. The van der Waals surface area contributed by atoms with Gasteiger partial charge in [0.1, 0.15) is 11.5 Å². The fourth-order valence-corrected chi connectivity index (χ4v) is 2.13. The Bertz CT molecular complexity index is 925. The maximum Gasteiger partial charge on any atom is 0.254 e. The molecule has 1 aromatic carbocycles. The van der Waals surface area contributed by atoms with Gasteiger partial charge in [0.2, 0.25) is 0 Å². The Hall–Kier alpha value is -3.35. The summed E-state index contributed by atoms with van der Waals surface area (Å²) in [6.45, 7) is -0.00305. The third-order valence-corrected chi connectivity index (χ3v) is 3.25. The van der Waals surface area contributed by atoms with Crippen LogP contribution in [0.1, 0.15) is 16.1 Å². The largest absolute Gasteiger partial charge is 0.346 e. The van der Waals surface area contributed by atoms with Crippen LogP contribution in [0.5, 0.6) is 0 Å². The Morgan fingerprint density at radius 3 is 2.71 bits per heavy atom.